The van der Waals surface area contributed by atoms with Crippen molar-refractivity contribution in [2.45, 2.75) is 31.3 Å². The lowest BCUT2D eigenvalue weighted by atomic mass is 9.91. The van der Waals surface area contributed by atoms with E-state index >= 15 is 0 Å². The number of aromatic nitrogens is 3. The molecule has 0 saturated carbocycles. The third-order valence-corrected chi connectivity index (χ3v) is 5.47. The molecule has 1 atom stereocenters. The van der Waals surface area contributed by atoms with E-state index in [1.165, 1.54) is 25.1 Å². The van der Waals surface area contributed by atoms with Crippen LogP contribution >= 0.6 is 0 Å². The monoisotopic (exact) mass is 438 g/mol. The second-order valence-electron chi connectivity index (χ2n) is 6.67. The van der Waals surface area contributed by atoms with Crippen molar-refractivity contribution in [3.63, 3.8) is 0 Å². The zero-order valence-electron chi connectivity index (χ0n) is 15.9. The van der Waals surface area contributed by atoms with E-state index in [2.05, 4.69) is 25.2 Å². The molecule has 0 bridgehead atoms. The van der Waals surface area contributed by atoms with Gasteiger partial charge in [0.15, 0.2) is 11.6 Å². The van der Waals surface area contributed by atoms with E-state index in [1.54, 1.807) is 42.1 Å². The maximum atomic E-state index is 12.8. The Hall–Kier alpha value is -2.99. The molecule has 0 saturated heterocycles. The van der Waals surface area contributed by atoms with Crippen LogP contribution < -0.4 is 4.72 Å². The van der Waals surface area contributed by atoms with Gasteiger partial charge in [0, 0.05) is 18.0 Å². The highest BCUT2D eigenvalue weighted by molar-refractivity contribution is 7.90. The van der Waals surface area contributed by atoms with Gasteiger partial charge < -0.3 is 0 Å². The van der Waals surface area contributed by atoms with Gasteiger partial charge in [-0.1, -0.05) is 18.2 Å². The lowest BCUT2D eigenvalue weighted by Gasteiger charge is -2.31. The Kier molecular flexibility index (Phi) is 5.81. The molecule has 1 N–H and O–H groups in total. The number of allylic oxidation sites excluding steroid dienone is 2. The lowest BCUT2D eigenvalue weighted by molar-refractivity contribution is -0.0454. The van der Waals surface area contributed by atoms with E-state index < -0.39 is 21.1 Å². The van der Waals surface area contributed by atoms with Crippen LogP contribution in [0.2, 0.25) is 0 Å². The number of azo groups is 1. The molecule has 3 rings (SSSR count). The summed E-state index contributed by atoms with van der Waals surface area (Å²) in [5.74, 6) is 0.460. The number of alkyl halides is 3. The molecule has 8 nitrogen and oxygen atoms in total. The van der Waals surface area contributed by atoms with Gasteiger partial charge in [-0.2, -0.15) is 23.0 Å². The predicted molar refractivity (Wildman–Crippen MR) is 103 cm³/mol. The Labute approximate surface area is 170 Å². The Bertz CT molecular complexity index is 1130. The fraction of sp³-hybridized carbons (Fsp3) is 0.278. The van der Waals surface area contributed by atoms with Gasteiger partial charge in [0.1, 0.15) is 5.69 Å². The average molecular weight is 438 g/mol. The van der Waals surface area contributed by atoms with Crippen molar-refractivity contribution in [1.82, 2.24) is 19.7 Å². The quantitative estimate of drug-likeness (QED) is 0.711. The molecular weight excluding hydrogens is 421 g/mol. The Balaban J connectivity index is 1.92. The summed E-state index contributed by atoms with van der Waals surface area (Å²) in [5.41, 5.74) is -5.97. The zero-order chi connectivity index (χ0) is 22.0. The fourth-order valence-electron chi connectivity index (χ4n) is 2.66. The third kappa shape index (κ3) is 4.76. The summed E-state index contributed by atoms with van der Waals surface area (Å²) >= 11 is 0. The molecule has 0 radical (unpaired) electrons. The van der Waals surface area contributed by atoms with Gasteiger partial charge in [-0.15, -0.1) is 5.11 Å². The van der Waals surface area contributed by atoms with Gasteiger partial charge in [0.25, 0.3) is 0 Å². The highest BCUT2D eigenvalue weighted by atomic mass is 32.2. The van der Waals surface area contributed by atoms with Crippen molar-refractivity contribution < 1.29 is 21.6 Å². The normalized spacial score (nSPS) is 19.8. The smallest absolute Gasteiger partial charge is 0.253 e. The van der Waals surface area contributed by atoms with Gasteiger partial charge >= 0.3 is 15.5 Å². The predicted octanol–water partition coefficient (Wildman–Crippen LogP) is 3.97. The second-order valence-corrected chi connectivity index (χ2v) is 8.35. The topological polar surface area (TPSA) is 110 Å². The van der Waals surface area contributed by atoms with Crippen molar-refractivity contribution >= 4 is 15.8 Å². The highest BCUT2D eigenvalue weighted by Gasteiger charge is 2.50. The Morgan fingerprint density at radius 2 is 1.97 bits per heavy atom. The van der Waals surface area contributed by atoms with Crippen LogP contribution in [0.5, 0.6) is 0 Å². The maximum absolute atomic E-state index is 12.8. The minimum Gasteiger partial charge on any atom is -0.253 e. The van der Waals surface area contributed by atoms with Gasteiger partial charge in [-0.05, 0) is 38.5 Å². The van der Waals surface area contributed by atoms with Crippen LogP contribution in [-0.4, -0.2) is 34.4 Å². The summed E-state index contributed by atoms with van der Waals surface area (Å²) in [5, 5.41) is 7.97. The van der Waals surface area contributed by atoms with E-state index in [9.17, 15) is 21.6 Å². The Morgan fingerprint density at radius 3 is 2.63 bits per heavy atom. The van der Waals surface area contributed by atoms with Gasteiger partial charge in [0.05, 0.1) is 11.2 Å². The van der Waals surface area contributed by atoms with Crippen molar-refractivity contribution in [2.24, 2.45) is 10.2 Å². The highest BCUT2D eigenvalue weighted by Crippen LogP contribution is 2.32. The minimum atomic E-state index is -5.58. The zero-order valence-corrected chi connectivity index (χ0v) is 16.7. The van der Waals surface area contributed by atoms with Crippen LogP contribution in [0.15, 0.2) is 64.6 Å². The third-order valence-electron chi connectivity index (χ3n) is 4.14. The summed E-state index contributed by atoms with van der Waals surface area (Å²) in [4.78, 5) is 12.7. The van der Waals surface area contributed by atoms with Crippen LogP contribution in [0, 0.1) is 6.92 Å². The Morgan fingerprint density at radius 1 is 1.20 bits per heavy atom. The number of nitrogens with zero attached hydrogens (tertiary/aromatic N) is 5. The number of aryl methyl sites for hydroxylation is 1. The first kappa shape index (κ1) is 21.7. The summed E-state index contributed by atoms with van der Waals surface area (Å²) in [6.07, 6.45) is 6.03. The van der Waals surface area contributed by atoms with Crippen molar-refractivity contribution in [3.8, 4) is 11.5 Å². The van der Waals surface area contributed by atoms with Crippen LogP contribution in [0.4, 0.5) is 19.0 Å². The molecule has 0 aliphatic heterocycles. The number of hydrogen-bond acceptors (Lipinski definition) is 7. The molecule has 0 amide bonds. The van der Waals surface area contributed by atoms with Crippen LogP contribution in [0.25, 0.3) is 11.5 Å². The summed E-state index contributed by atoms with van der Waals surface area (Å²) < 4.78 is 63.4. The molecule has 2 aromatic rings. The number of hydrogen-bond donors (Lipinski definition) is 1. The number of halogens is 3. The van der Waals surface area contributed by atoms with Gasteiger partial charge in [0.2, 0.25) is 0 Å². The molecule has 2 aromatic heterocycles. The van der Waals surface area contributed by atoms with Crippen LogP contribution in [0.1, 0.15) is 19.0 Å². The molecule has 0 spiro atoms. The van der Waals surface area contributed by atoms with Crippen molar-refractivity contribution in [1.29, 1.82) is 0 Å². The number of rotatable bonds is 5. The average Bonchev–Trinajstić information content (AvgIpc) is 2.66. The van der Waals surface area contributed by atoms with Gasteiger partial charge in [-0.3, -0.25) is 4.98 Å². The van der Waals surface area contributed by atoms with Crippen LogP contribution in [-0.2, 0) is 10.0 Å². The molecule has 158 valence electrons. The summed E-state index contributed by atoms with van der Waals surface area (Å²) in [6, 6.07) is 6.76. The van der Waals surface area contributed by atoms with Crippen molar-refractivity contribution in [3.05, 3.63) is 60.1 Å². The van der Waals surface area contributed by atoms with E-state index in [0.717, 1.165) is 0 Å². The maximum Gasteiger partial charge on any atom is 0.511 e. The molecule has 12 heteroatoms. The molecule has 0 fully saturated rings. The van der Waals surface area contributed by atoms with E-state index in [4.69, 9.17) is 0 Å². The number of nitrogens with one attached hydrogen (secondary N) is 1. The molecule has 2 heterocycles. The number of pyridine rings is 1. The first-order valence-electron chi connectivity index (χ1n) is 8.67. The standard InChI is InChI=1S/C18H17F3N6O2S/c1-12-11-15(24-16(23-12)13-7-4-6-10-22-13)26-25-14-8-3-5-9-17(14,2)27-30(28,29)18(19,20)21/h3-8,10-11,27H,9H2,1-2H3. The second kappa shape index (κ2) is 8.03. The van der Waals surface area contributed by atoms with Crippen LogP contribution in [0.3, 0.4) is 0 Å². The van der Waals surface area contributed by atoms with E-state index in [0.29, 0.717) is 17.2 Å². The lowest BCUT2D eigenvalue weighted by Crippen LogP contribution is -2.51. The SMILES string of the molecule is Cc1cc(N=NC2=CC=CCC2(C)NS(=O)(=O)C(F)(F)F)nc(-c2ccccn2)n1. The fourth-order valence-corrected chi connectivity index (χ4v) is 3.56. The van der Waals surface area contributed by atoms with E-state index in [1.807, 2.05) is 0 Å². The number of sulfonamides is 1. The van der Waals surface area contributed by atoms with Crippen molar-refractivity contribution in [2.75, 3.05) is 0 Å². The first-order chi connectivity index (χ1) is 14.0. The molecule has 1 aliphatic carbocycles. The largest absolute Gasteiger partial charge is 0.511 e. The van der Waals surface area contributed by atoms with E-state index in [-0.39, 0.29) is 17.9 Å². The minimum absolute atomic E-state index is 0.00785. The molecule has 1 unspecified atom stereocenters. The summed E-state index contributed by atoms with van der Waals surface area (Å²) in [7, 11) is -5.58. The summed E-state index contributed by atoms with van der Waals surface area (Å²) in [6.45, 7) is 3.02. The molecule has 0 aromatic carbocycles. The molecule has 1 aliphatic rings. The molecule has 30 heavy (non-hydrogen) atoms. The first-order valence-corrected chi connectivity index (χ1v) is 10.1. The van der Waals surface area contributed by atoms with Gasteiger partial charge in [-0.25, -0.2) is 18.4 Å². The molecular formula is C18H17F3N6O2S.